The summed E-state index contributed by atoms with van der Waals surface area (Å²) in [6, 6.07) is 12.5. The van der Waals surface area contributed by atoms with Crippen molar-refractivity contribution in [1.82, 2.24) is 0 Å². The van der Waals surface area contributed by atoms with Crippen molar-refractivity contribution < 1.29 is 18.7 Å². The van der Waals surface area contributed by atoms with Gasteiger partial charge in [0.15, 0.2) is 6.61 Å². The van der Waals surface area contributed by atoms with Gasteiger partial charge >= 0.3 is 5.97 Å². The molecule has 22 heavy (non-hydrogen) atoms. The highest BCUT2D eigenvalue weighted by Crippen LogP contribution is 2.14. The summed E-state index contributed by atoms with van der Waals surface area (Å²) in [7, 11) is 1.60. The summed E-state index contributed by atoms with van der Waals surface area (Å²) in [5, 5.41) is 0. The third kappa shape index (κ3) is 3.91. The van der Waals surface area contributed by atoms with Crippen molar-refractivity contribution >= 4 is 17.6 Å². The van der Waals surface area contributed by atoms with Crippen molar-refractivity contribution in [3.05, 3.63) is 65.5 Å². The van der Waals surface area contributed by atoms with E-state index in [1.807, 2.05) is 25.1 Å². The third-order valence-electron chi connectivity index (χ3n) is 3.15. The Morgan fingerprint density at radius 3 is 2.55 bits per heavy atom. The monoisotopic (exact) mass is 301 g/mol. The summed E-state index contributed by atoms with van der Waals surface area (Å²) in [5.74, 6) is -1.63. The first-order valence-corrected chi connectivity index (χ1v) is 6.73. The maximum absolute atomic E-state index is 13.0. The van der Waals surface area contributed by atoms with Gasteiger partial charge < -0.3 is 9.64 Å². The Kier molecular flexibility index (Phi) is 4.88. The third-order valence-corrected chi connectivity index (χ3v) is 3.15. The largest absolute Gasteiger partial charge is 0.452 e. The van der Waals surface area contributed by atoms with Gasteiger partial charge in [-0.25, -0.2) is 9.18 Å². The molecule has 0 fully saturated rings. The molecule has 0 unspecified atom stereocenters. The Bertz CT molecular complexity index is 700. The number of hydrogen-bond donors (Lipinski definition) is 0. The molecule has 0 aliphatic heterocycles. The molecule has 0 aromatic heterocycles. The second-order valence-corrected chi connectivity index (χ2v) is 4.88. The first-order valence-electron chi connectivity index (χ1n) is 6.73. The van der Waals surface area contributed by atoms with E-state index in [0.717, 1.165) is 11.6 Å². The molecule has 0 saturated carbocycles. The quantitative estimate of drug-likeness (QED) is 0.816. The van der Waals surface area contributed by atoms with Gasteiger partial charge in [0.25, 0.3) is 5.91 Å². The van der Waals surface area contributed by atoms with E-state index < -0.39 is 18.4 Å². The van der Waals surface area contributed by atoms with Crippen LogP contribution in [-0.2, 0) is 9.53 Å². The SMILES string of the molecule is Cc1cccc(N(C)C(=O)COC(=O)c2cccc(F)c2)c1. The van der Waals surface area contributed by atoms with E-state index in [-0.39, 0.29) is 11.5 Å². The second-order valence-electron chi connectivity index (χ2n) is 4.88. The highest BCUT2D eigenvalue weighted by molar-refractivity contribution is 5.96. The lowest BCUT2D eigenvalue weighted by molar-refractivity contribution is -0.121. The zero-order chi connectivity index (χ0) is 16.1. The van der Waals surface area contributed by atoms with Crippen LogP contribution in [0.3, 0.4) is 0 Å². The zero-order valence-corrected chi connectivity index (χ0v) is 12.4. The van der Waals surface area contributed by atoms with E-state index in [9.17, 15) is 14.0 Å². The molecule has 0 N–H and O–H groups in total. The van der Waals surface area contributed by atoms with E-state index in [1.165, 1.54) is 23.1 Å². The Labute approximate surface area is 128 Å². The molecule has 2 rings (SSSR count). The van der Waals surface area contributed by atoms with Crippen LogP contribution in [0, 0.1) is 12.7 Å². The highest BCUT2D eigenvalue weighted by Gasteiger charge is 2.15. The average molecular weight is 301 g/mol. The molecule has 0 bridgehead atoms. The number of carbonyl (C=O) groups is 2. The number of rotatable bonds is 4. The van der Waals surface area contributed by atoms with Crippen LogP contribution in [0.5, 0.6) is 0 Å². The molecule has 0 heterocycles. The number of halogens is 1. The van der Waals surface area contributed by atoms with Crippen molar-refractivity contribution in [2.45, 2.75) is 6.92 Å². The van der Waals surface area contributed by atoms with E-state index >= 15 is 0 Å². The summed E-state index contributed by atoms with van der Waals surface area (Å²) in [6.45, 7) is 1.52. The minimum absolute atomic E-state index is 0.0750. The smallest absolute Gasteiger partial charge is 0.338 e. The number of likely N-dealkylation sites (N-methyl/N-ethyl adjacent to an activating group) is 1. The molecule has 4 nitrogen and oxygen atoms in total. The highest BCUT2D eigenvalue weighted by atomic mass is 19.1. The number of anilines is 1. The number of aryl methyl sites for hydroxylation is 1. The minimum Gasteiger partial charge on any atom is -0.452 e. The maximum Gasteiger partial charge on any atom is 0.338 e. The summed E-state index contributed by atoms with van der Waals surface area (Å²) >= 11 is 0. The van der Waals surface area contributed by atoms with Gasteiger partial charge in [-0.3, -0.25) is 4.79 Å². The van der Waals surface area contributed by atoms with Gasteiger partial charge in [-0.1, -0.05) is 18.2 Å². The van der Waals surface area contributed by atoms with Crippen LogP contribution in [0.2, 0.25) is 0 Å². The molecule has 1 amide bonds. The van der Waals surface area contributed by atoms with Gasteiger partial charge in [0.05, 0.1) is 5.56 Å². The Morgan fingerprint density at radius 2 is 1.86 bits per heavy atom. The number of benzene rings is 2. The molecule has 0 aliphatic carbocycles. The van der Waals surface area contributed by atoms with E-state index in [4.69, 9.17) is 4.74 Å². The van der Waals surface area contributed by atoms with Crippen LogP contribution in [0.1, 0.15) is 15.9 Å². The fourth-order valence-corrected chi connectivity index (χ4v) is 1.90. The standard InChI is InChI=1S/C17H16FNO3/c1-12-5-3-8-15(9-12)19(2)16(20)11-22-17(21)13-6-4-7-14(18)10-13/h3-10H,11H2,1-2H3. The average Bonchev–Trinajstić information content (AvgIpc) is 2.51. The minimum atomic E-state index is -0.731. The predicted molar refractivity (Wildman–Crippen MR) is 81.3 cm³/mol. The van der Waals surface area contributed by atoms with E-state index in [1.54, 1.807) is 13.1 Å². The number of hydrogen-bond acceptors (Lipinski definition) is 3. The van der Waals surface area contributed by atoms with Gasteiger partial charge in [-0.2, -0.15) is 0 Å². The Balaban J connectivity index is 1.96. The molecule has 5 heteroatoms. The van der Waals surface area contributed by atoms with Crippen LogP contribution in [0.4, 0.5) is 10.1 Å². The first-order chi connectivity index (χ1) is 10.5. The van der Waals surface area contributed by atoms with Gasteiger partial charge in [0.1, 0.15) is 5.82 Å². The van der Waals surface area contributed by atoms with Crippen LogP contribution < -0.4 is 4.90 Å². The number of ether oxygens (including phenoxy) is 1. The summed E-state index contributed by atoms with van der Waals surface area (Å²) in [6.07, 6.45) is 0. The first kappa shape index (κ1) is 15.7. The van der Waals surface area contributed by atoms with Crippen LogP contribution >= 0.6 is 0 Å². The van der Waals surface area contributed by atoms with Crippen molar-refractivity contribution in [2.75, 3.05) is 18.6 Å². The molecule has 0 aliphatic rings. The molecular weight excluding hydrogens is 285 g/mol. The van der Waals surface area contributed by atoms with Gasteiger partial charge in [0.2, 0.25) is 0 Å². The fraction of sp³-hybridized carbons (Fsp3) is 0.176. The summed E-state index contributed by atoms with van der Waals surface area (Å²) in [5.41, 5.74) is 1.81. The molecule has 114 valence electrons. The van der Waals surface area contributed by atoms with Crippen LogP contribution in [-0.4, -0.2) is 25.5 Å². The Morgan fingerprint density at radius 1 is 1.14 bits per heavy atom. The van der Waals surface area contributed by atoms with E-state index in [0.29, 0.717) is 5.69 Å². The molecule has 0 saturated heterocycles. The number of nitrogens with zero attached hydrogens (tertiary/aromatic N) is 1. The second kappa shape index (κ2) is 6.85. The Hall–Kier alpha value is -2.69. The topological polar surface area (TPSA) is 46.6 Å². The predicted octanol–water partition coefficient (Wildman–Crippen LogP) is 2.95. The lowest BCUT2D eigenvalue weighted by Crippen LogP contribution is -2.31. The maximum atomic E-state index is 13.0. The lowest BCUT2D eigenvalue weighted by atomic mass is 10.2. The van der Waals surface area contributed by atoms with Gasteiger partial charge in [-0.05, 0) is 42.8 Å². The number of amides is 1. The molecule has 0 radical (unpaired) electrons. The van der Waals surface area contributed by atoms with Crippen molar-refractivity contribution in [3.8, 4) is 0 Å². The zero-order valence-electron chi connectivity index (χ0n) is 12.4. The lowest BCUT2D eigenvalue weighted by Gasteiger charge is -2.17. The molecule has 0 spiro atoms. The summed E-state index contributed by atoms with van der Waals surface area (Å²) in [4.78, 5) is 25.2. The van der Waals surface area contributed by atoms with Crippen LogP contribution in [0.15, 0.2) is 48.5 Å². The normalized spacial score (nSPS) is 10.1. The van der Waals surface area contributed by atoms with Crippen molar-refractivity contribution in [1.29, 1.82) is 0 Å². The molecular formula is C17H16FNO3. The molecule has 2 aromatic rings. The van der Waals surface area contributed by atoms with Crippen molar-refractivity contribution in [2.24, 2.45) is 0 Å². The van der Waals surface area contributed by atoms with E-state index in [2.05, 4.69) is 0 Å². The number of esters is 1. The fourth-order valence-electron chi connectivity index (χ4n) is 1.90. The number of carbonyl (C=O) groups excluding carboxylic acids is 2. The van der Waals surface area contributed by atoms with Crippen LogP contribution in [0.25, 0.3) is 0 Å². The van der Waals surface area contributed by atoms with Gasteiger partial charge in [0, 0.05) is 12.7 Å². The summed E-state index contributed by atoms with van der Waals surface area (Å²) < 4.78 is 18.0. The molecule has 2 aromatic carbocycles. The molecule has 0 atom stereocenters. The van der Waals surface area contributed by atoms with Gasteiger partial charge in [-0.15, -0.1) is 0 Å². The van der Waals surface area contributed by atoms with Crippen molar-refractivity contribution in [3.63, 3.8) is 0 Å².